The van der Waals surface area contributed by atoms with E-state index >= 15 is 0 Å². The third-order valence-corrected chi connectivity index (χ3v) is 4.45. The molecule has 1 saturated heterocycles. The Morgan fingerprint density at radius 1 is 1.30 bits per heavy atom. The largest absolute Gasteiger partial charge is 0.379 e. The summed E-state index contributed by atoms with van der Waals surface area (Å²) in [6.45, 7) is 4.01. The first-order valence-electron chi connectivity index (χ1n) is 6.60. The van der Waals surface area contributed by atoms with Crippen molar-refractivity contribution in [3.63, 3.8) is 0 Å². The topological polar surface area (TPSA) is 46.6 Å². The van der Waals surface area contributed by atoms with Gasteiger partial charge in [-0.25, -0.2) is 0 Å². The van der Waals surface area contributed by atoms with Crippen LogP contribution in [0.1, 0.15) is 17.3 Å². The Morgan fingerprint density at radius 3 is 2.40 bits per heavy atom. The van der Waals surface area contributed by atoms with Gasteiger partial charge in [0.25, 0.3) is 0 Å². The quantitative estimate of drug-likeness (QED) is 0.359. The third-order valence-electron chi connectivity index (χ3n) is 3.71. The normalized spacial score (nSPS) is 19.3. The number of nitrogens with zero attached hydrogens (tertiary/aromatic N) is 1. The second-order valence-corrected chi connectivity index (χ2v) is 5.80. The molecule has 1 aromatic carbocycles. The maximum absolute atomic E-state index is 12.7. The van der Waals surface area contributed by atoms with E-state index in [-0.39, 0.29) is 5.78 Å². The first-order chi connectivity index (χ1) is 9.61. The zero-order valence-corrected chi connectivity index (χ0v) is 12.6. The van der Waals surface area contributed by atoms with Crippen LogP contribution in [0.25, 0.3) is 0 Å². The Morgan fingerprint density at radius 2 is 1.90 bits per heavy atom. The van der Waals surface area contributed by atoms with Gasteiger partial charge in [0.05, 0.1) is 13.2 Å². The highest BCUT2D eigenvalue weighted by Gasteiger charge is 2.40. The number of hydrogen-bond acceptors (Lipinski definition) is 5. The summed E-state index contributed by atoms with van der Waals surface area (Å²) in [4.78, 5) is 27.2. The summed E-state index contributed by atoms with van der Waals surface area (Å²) >= 11 is 1.62. The SMILES string of the molecule is CSc1ccc(C(=O)C(C)(C=O)N2CCOCC2)cc1. The number of Topliss-reactive ketones (excluding diaryl/α,β-unsaturated/α-hetero) is 1. The predicted molar refractivity (Wildman–Crippen MR) is 79.4 cm³/mol. The van der Waals surface area contributed by atoms with E-state index < -0.39 is 5.54 Å². The Bertz CT molecular complexity index is 482. The van der Waals surface area contributed by atoms with Crippen molar-refractivity contribution in [1.82, 2.24) is 4.90 Å². The monoisotopic (exact) mass is 293 g/mol. The number of morpholine rings is 1. The van der Waals surface area contributed by atoms with Crippen molar-refractivity contribution in [2.24, 2.45) is 0 Å². The van der Waals surface area contributed by atoms with Gasteiger partial charge in [-0.3, -0.25) is 9.69 Å². The second-order valence-electron chi connectivity index (χ2n) is 4.92. The molecule has 1 fully saturated rings. The minimum atomic E-state index is -1.11. The minimum absolute atomic E-state index is 0.151. The van der Waals surface area contributed by atoms with Crippen LogP contribution in [-0.4, -0.2) is 55.1 Å². The molecular weight excluding hydrogens is 274 g/mol. The lowest BCUT2D eigenvalue weighted by atomic mass is 9.90. The molecule has 0 amide bonds. The highest BCUT2D eigenvalue weighted by atomic mass is 32.2. The molecule has 0 spiro atoms. The number of carbonyl (C=O) groups is 2. The number of rotatable bonds is 5. The smallest absolute Gasteiger partial charge is 0.190 e. The molecule has 0 radical (unpaired) electrons. The van der Waals surface area contributed by atoms with Gasteiger partial charge < -0.3 is 9.53 Å². The van der Waals surface area contributed by atoms with Gasteiger partial charge >= 0.3 is 0 Å². The van der Waals surface area contributed by atoms with Crippen molar-refractivity contribution >= 4 is 23.8 Å². The number of ketones is 1. The minimum Gasteiger partial charge on any atom is -0.379 e. The van der Waals surface area contributed by atoms with Crippen molar-refractivity contribution in [1.29, 1.82) is 0 Å². The van der Waals surface area contributed by atoms with Gasteiger partial charge in [0.15, 0.2) is 5.78 Å². The summed E-state index contributed by atoms with van der Waals surface area (Å²) in [5.41, 5.74) is -0.533. The number of benzene rings is 1. The number of hydrogen-bond donors (Lipinski definition) is 0. The maximum Gasteiger partial charge on any atom is 0.190 e. The van der Waals surface area contributed by atoms with Gasteiger partial charge in [-0.05, 0) is 25.3 Å². The molecule has 5 heteroatoms. The van der Waals surface area contributed by atoms with Gasteiger partial charge in [0.2, 0.25) is 0 Å². The van der Waals surface area contributed by atoms with E-state index in [4.69, 9.17) is 4.74 Å². The Kier molecular flexibility index (Phi) is 4.96. The number of thioether (sulfide) groups is 1. The van der Waals surface area contributed by atoms with E-state index in [9.17, 15) is 9.59 Å². The standard InChI is InChI=1S/C15H19NO3S/c1-15(11-17,16-7-9-19-10-8-16)14(18)12-3-5-13(20-2)6-4-12/h3-6,11H,7-10H2,1-2H3. The van der Waals surface area contributed by atoms with Crippen LogP contribution in [0, 0.1) is 0 Å². The van der Waals surface area contributed by atoms with Crippen molar-refractivity contribution in [3.8, 4) is 0 Å². The fraction of sp³-hybridized carbons (Fsp3) is 0.467. The van der Waals surface area contributed by atoms with E-state index in [1.807, 2.05) is 23.3 Å². The molecular formula is C15H19NO3S. The van der Waals surface area contributed by atoms with Crippen LogP contribution >= 0.6 is 11.8 Å². The average Bonchev–Trinajstić information content (AvgIpc) is 2.54. The van der Waals surface area contributed by atoms with Crippen LogP contribution in [-0.2, 0) is 9.53 Å². The van der Waals surface area contributed by atoms with Gasteiger partial charge in [0, 0.05) is 23.5 Å². The summed E-state index contributed by atoms with van der Waals surface area (Å²) in [7, 11) is 0. The van der Waals surface area contributed by atoms with Gasteiger partial charge in [-0.15, -0.1) is 11.8 Å². The fourth-order valence-corrected chi connectivity index (χ4v) is 2.74. The molecule has 108 valence electrons. The van der Waals surface area contributed by atoms with Crippen LogP contribution in [0.15, 0.2) is 29.2 Å². The molecule has 1 aliphatic rings. The predicted octanol–water partition coefficient (Wildman–Crippen LogP) is 1.88. The van der Waals surface area contributed by atoms with Gasteiger partial charge in [-0.2, -0.15) is 0 Å². The van der Waals surface area contributed by atoms with E-state index in [1.54, 1.807) is 30.8 Å². The molecule has 1 unspecified atom stereocenters. The summed E-state index contributed by atoms with van der Waals surface area (Å²) < 4.78 is 5.28. The van der Waals surface area contributed by atoms with Crippen molar-refractivity contribution in [2.75, 3.05) is 32.6 Å². The Balaban J connectivity index is 2.24. The fourth-order valence-electron chi connectivity index (χ4n) is 2.33. The first-order valence-corrected chi connectivity index (χ1v) is 7.82. The molecule has 0 bridgehead atoms. The summed E-state index contributed by atoms with van der Waals surface area (Å²) in [6.07, 6.45) is 2.74. The molecule has 0 N–H and O–H groups in total. The summed E-state index contributed by atoms with van der Waals surface area (Å²) in [5.74, 6) is -0.151. The molecule has 2 rings (SSSR count). The van der Waals surface area contributed by atoms with Crippen molar-refractivity contribution < 1.29 is 14.3 Å². The van der Waals surface area contributed by atoms with Crippen molar-refractivity contribution in [2.45, 2.75) is 17.4 Å². The summed E-state index contributed by atoms with van der Waals surface area (Å²) in [5, 5.41) is 0. The van der Waals surface area contributed by atoms with Crippen molar-refractivity contribution in [3.05, 3.63) is 29.8 Å². The lowest BCUT2D eigenvalue weighted by Crippen LogP contribution is -2.57. The third kappa shape index (κ3) is 2.95. The molecule has 4 nitrogen and oxygen atoms in total. The van der Waals surface area contributed by atoms with Gasteiger partial charge in [0.1, 0.15) is 11.8 Å². The molecule has 0 saturated carbocycles. The van der Waals surface area contributed by atoms with Crippen LogP contribution in [0.3, 0.4) is 0 Å². The maximum atomic E-state index is 12.7. The average molecular weight is 293 g/mol. The lowest BCUT2D eigenvalue weighted by Gasteiger charge is -2.38. The van der Waals surface area contributed by atoms with Crippen LogP contribution < -0.4 is 0 Å². The van der Waals surface area contributed by atoms with Crippen LogP contribution in [0.5, 0.6) is 0 Å². The number of ether oxygens (including phenoxy) is 1. The zero-order chi connectivity index (χ0) is 14.6. The molecule has 1 aromatic rings. The number of aldehydes is 1. The van der Waals surface area contributed by atoms with Gasteiger partial charge in [-0.1, -0.05) is 12.1 Å². The second kappa shape index (κ2) is 6.52. The lowest BCUT2D eigenvalue weighted by molar-refractivity contribution is -0.117. The first kappa shape index (κ1) is 15.2. The van der Waals surface area contributed by atoms with E-state index in [0.29, 0.717) is 31.9 Å². The van der Waals surface area contributed by atoms with Crippen LogP contribution in [0.2, 0.25) is 0 Å². The van der Waals surface area contributed by atoms with E-state index in [2.05, 4.69) is 0 Å². The Labute approximate surface area is 123 Å². The Hall–Kier alpha value is -1.17. The van der Waals surface area contributed by atoms with E-state index in [0.717, 1.165) is 11.2 Å². The highest BCUT2D eigenvalue weighted by molar-refractivity contribution is 7.98. The molecule has 20 heavy (non-hydrogen) atoms. The molecule has 0 aliphatic carbocycles. The molecule has 1 aliphatic heterocycles. The van der Waals surface area contributed by atoms with Crippen LogP contribution in [0.4, 0.5) is 0 Å². The van der Waals surface area contributed by atoms with E-state index in [1.165, 1.54) is 0 Å². The zero-order valence-electron chi connectivity index (χ0n) is 11.8. The number of carbonyl (C=O) groups excluding carboxylic acids is 2. The molecule has 0 aromatic heterocycles. The summed E-state index contributed by atoms with van der Waals surface area (Å²) in [6, 6.07) is 7.39. The molecule has 1 heterocycles. The highest BCUT2D eigenvalue weighted by Crippen LogP contribution is 2.22. The molecule has 1 atom stereocenters.